The Balaban J connectivity index is 5.25. The molecule has 0 saturated carbocycles. The number of phosphoric ester groups is 2. The molecular formula is C82H160O17P2. The number of unbranched alkanes of at least 4 members (excludes halogenated alkanes) is 47. The average Bonchev–Trinajstić information content (AvgIpc) is 0.928. The molecular weight excluding hydrogens is 1320 g/mol. The maximum atomic E-state index is 13.1. The van der Waals surface area contributed by atoms with Gasteiger partial charge in [-0.1, -0.05) is 376 Å². The molecule has 19 heteroatoms. The number of aliphatic hydroxyl groups is 1. The predicted molar refractivity (Wildman–Crippen MR) is 414 cm³/mol. The minimum atomic E-state index is -4.96. The second-order valence-electron chi connectivity index (χ2n) is 30.7. The largest absolute Gasteiger partial charge is 0.472 e. The molecule has 0 fully saturated rings. The second-order valence-corrected chi connectivity index (χ2v) is 33.6. The van der Waals surface area contributed by atoms with Gasteiger partial charge in [-0.05, 0) is 43.4 Å². The third-order valence-electron chi connectivity index (χ3n) is 19.5. The first-order valence-corrected chi connectivity index (χ1v) is 45.4. The molecule has 0 radical (unpaired) electrons. The molecule has 3 unspecified atom stereocenters. The Hall–Kier alpha value is -1.94. The summed E-state index contributed by atoms with van der Waals surface area (Å²) in [7, 11) is -9.92. The molecule has 101 heavy (non-hydrogen) atoms. The van der Waals surface area contributed by atoms with Crippen molar-refractivity contribution in [2.45, 2.75) is 446 Å². The first-order chi connectivity index (χ1) is 48.8. The highest BCUT2D eigenvalue weighted by Crippen LogP contribution is 2.45. The lowest BCUT2D eigenvalue weighted by molar-refractivity contribution is -0.161. The van der Waals surface area contributed by atoms with Gasteiger partial charge in [0.05, 0.1) is 26.4 Å². The maximum absolute atomic E-state index is 13.1. The van der Waals surface area contributed by atoms with Crippen molar-refractivity contribution in [3.8, 4) is 0 Å². The van der Waals surface area contributed by atoms with Crippen LogP contribution in [0, 0.1) is 17.8 Å². The van der Waals surface area contributed by atoms with E-state index in [1.54, 1.807) is 0 Å². The molecule has 0 aliphatic carbocycles. The van der Waals surface area contributed by atoms with Crippen LogP contribution in [-0.2, 0) is 65.4 Å². The first-order valence-electron chi connectivity index (χ1n) is 42.4. The van der Waals surface area contributed by atoms with Gasteiger partial charge in [0.25, 0.3) is 0 Å². The Morgan fingerprint density at radius 1 is 0.287 bits per heavy atom. The number of hydrogen-bond donors (Lipinski definition) is 3. The standard InChI is InChI=1S/C82H160O17P2/c1-8-10-11-12-13-14-15-16-17-20-27-32-37-42-51-58-66-82(87)99-78(70-93-80(85)64-57-50-45-44-48-55-62-75(7)9-2)72-97-101(90,91)95-68-76(83)67-94-100(88,89)96-71-77(69-92-79(84)63-56-49-41-36-31-26-23-22-25-30-35-40-47-54-61-74(5)6)98-81(86)65-59-52-43-38-33-28-21-18-19-24-29-34-39-46-53-60-73(3)4/h73-78,83H,8-72H2,1-7H3,(H,88,89)(H,90,91)/t75?,76-,77-,78-/m1/s1. The van der Waals surface area contributed by atoms with Crippen LogP contribution in [0.2, 0.25) is 0 Å². The summed E-state index contributed by atoms with van der Waals surface area (Å²) in [6.45, 7) is 12.0. The van der Waals surface area contributed by atoms with E-state index in [0.717, 1.165) is 114 Å². The molecule has 0 aliphatic rings. The molecule has 17 nitrogen and oxygen atoms in total. The summed E-state index contributed by atoms with van der Waals surface area (Å²) < 4.78 is 68.8. The smallest absolute Gasteiger partial charge is 0.462 e. The van der Waals surface area contributed by atoms with E-state index < -0.39 is 97.5 Å². The molecule has 0 amide bonds. The fraction of sp³-hybridized carbons (Fsp3) is 0.951. The van der Waals surface area contributed by atoms with Crippen LogP contribution < -0.4 is 0 Å². The molecule has 6 atom stereocenters. The summed E-state index contributed by atoms with van der Waals surface area (Å²) in [4.78, 5) is 73.1. The molecule has 0 aliphatic heterocycles. The number of rotatable bonds is 80. The van der Waals surface area contributed by atoms with Crippen LogP contribution in [-0.4, -0.2) is 96.7 Å². The third-order valence-corrected chi connectivity index (χ3v) is 21.4. The van der Waals surface area contributed by atoms with Crippen molar-refractivity contribution in [1.29, 1.82) is 0 Å². The number of carbonyl (C=O) groups is 4. The number of aliphatic hydroxyl groups excluding tert-OH is 1. The van der Waals surface area contributed by atoms with Gasteiger partial charge < -0.3 is 33.8 Å². The number of phosphoric acid groups is 2. The van der Waals surface area contributed by atoms with Crippen LogP contribution in [0.1, 0.15) is 427 Å². The second kappa shape index (κ2) is 72.3. The van der Waals surface area contributed by atoms with Gasteiger partial charge >= 0.3 is 39.5 Å². The highest BCUT2D eigenvalue weighted by Gasteiger charge is 2.30. The number of esters is 4. The Labute approximate surface area is 619 Å². The van der Waals surface area contributed by atoms with Gasteiger partial charge in [0, 0.05) is 25.7 Å². The summed E-state index contributed by atoms with van der Waals surface area (Å²) in [5, 5.41) is 10.7. The van der Waals surface area contributed by atoms with Crippen LogP contribution in [0.3, 0.4) is 0 Å². The summed E-state index contributed by atoms with van der Waals surface area (Å²) in [5.41, 5.74) is 0. The molecule has 600 valence electrons. The van der Waals surface area contributed by atoms with E-state index in [-0.39, 0.29) is 25.7 Å². The van der Waals surface area contributed by atoms with E-state index in [1.807, 2.05) is 0 Å². The van der Waals surface area contributed by atoms with Gasteiger partial charge in [-0.25, -0.2) is 9.13 Å². The predicted octanol–water partition coefficient (Wildman–Crippen LogP) is 24.5. The van der Waals surface area contributed by atoms with Crippen molar-refractivity contribution in [2.75, 3.05) is 39.6 Å². The zero-order valence-electron chi connectivity index (χ0n) is 66.4. The van der Waals surface area contributed by atoms with Crippen molar-refractivity contribution in [1.82, 2.24) is 0 Å². The normalized spacial score (nSPS) is 14.2. The van der Waals surface area contributed by atoms with Gasteiger partial charge in [0.15, 0.2) is 12.2 Å². The highest BCUT2D eigenvalue weighted by molar-refractivity contribution is 7.47. The van der Waals surface area contributed by atoms with Crippen LogP contribution in [0.15, 0.2) is 0 Å². The van der Waals surface area contributed by atoms with E-state index in [1.165, 1.54) is 231 Å². The Kier molecular flexibility index (Phi) is 70.9. The SMILES string of the molecule is CCCCCCCCCCCCCCCCCCC(=O)O[C@H](COC(=O)CCCCCCCCC(C)CC)COP(=O)(O)OC[C@H](O)COP(=O)(O)OC[C@@H](COC(=O)CCCCCCCCCCCCCCCCC(C)C)OC(=O)CCCCCCCCCCCCCCCCCC(C)C. The molecule has 0 saturated heterocycles. The molecule has 0 aromatic heterocycles. The van der Waals surface area contributed by atoms with Crippen molar-refractivity contribution in [2.24, 2.45) is 17.8 Å². The van der Waals surface area contributed by atoms with Gasteiger partial charge in [-0.15, -0.1) is 0 Å². The van der Waals surface area contributed by atoms with Gasteiger partial charge in [-0.2, -0.15) is 0 Å². The Morgan fingerprint density at radius 3 is 0.752 bits per heavy atom. The van der Waals surface area contributed by atoms with Crippen molar-refractivity contribution in [3.05, 3.63) is 0 Å². The first kappa shape index (κ1) is 99.1. The summed E-state index contributed by atoms with van der Waals surface area (Å²) in [5.74, 6) is 0.223. The number of hydrogen-bond acceptors (Lipinski definition) is 15. The van der Waals surface area contributed by atoms with Crippen LogP contribution in [0.4, 0.5) is 0 Å². The fourth-order valence-corrected chi connectivity index (χ4v) is 14.2. The van der Waals surface area contributed by atoms with E-state index in [9.17, 15) is 43.2 Å². The lowest BCUT2D eigenvalue weighted by atomic mass is 10.00. The van der Waals surface area contributed by atoms with Crippen molar-refractivity contribution >= 4 is 39.5 Å². The van der Waals surface area contributed by atoms with Gasteiger partial charge in [-0.3, -0.25) is 37.3 Å². The van der Waals surface area contributed by atoms with Gasteiger partial charge in [0.1, 0.15) is 19.3 Å². The van der Waals surface area contributed by atoms with Crippen LogP contribution in [0.5, 0.6) is 0 Å². The Bertz CT molecular complexity index is 1960. The van der Waals surface area contributed by atoms with Crippen LogP contribution in [0.25, 0.3) is 0 Å². The van der Waals surface area contributed by atoms with Crippen molar-refractivity contribution in [3.63, 3.8) is 0 Å². The number of ether oxygens (including phenoxy) is 4. The molecule has 0 rings (SSSR count). The maximum Gasteiger partial charge on any atom is 0.472 e. The summed E-state index contributed by atoms with van der Waals surface area (Å²) in [6, 6.07) is 0. The van der Waals surface area contributed by atoms with E-state index >= 15 is 0 Å². The molecule has 3 N–H and O–H groups in total. The van der Waals surface area contributed by atoms with E-state index in [0.29, 0.717) is 25.7 Å². The lowest BCUT2D eigenvalue weighted by Crippen LogP contribution is -2.30. The molecule has 0 spiro atoms. The zero-order valence-corrected chi connectivity index (χ0v) is 68.2. The molecule has 0 aromatic carbocycles. The summed E-state index contributed by atoms with van der Waals surface area (Å²) in [6.07, 6.45) is 61.0. The van der Waals surface area contributed by atoms with Gasteiger partial charge in [0.2, 0.25) is 0 Å². The summed E-state index contributed by atoms with van der Waals surface area (Å²) >= 11 is 0. The zero-order chi connectivity index (χ0) is 74.4. The highest BCUT2D eigenvalue weighted by atomic mass is 31.2. The quantitative estimate of drug-likeness (QED) is 0.0222. The minimum Gasteiger partial charge on any atom is -0.462 e. The minimum absolute atomic E-state index is 0.107. The number of carbonyl (C=O) groups excluding carboxylic acids is 4. The van der Waals surface area contributed by atoms with E-state index in [4.69, 9.17) is 37.0 Å². The van der Waals surface area contributed by atoms with Crippen molar-refractivity contribution < 1.29 is 80.2 Å². The topological polar surface area (TPSA) is 237 Å². The monoisotopic (exact) mass is 1480 g/mol. The molecule has 0 heterocycles. The lowest BCUT2D eigenvalue weighted by Gasteiger charge is -2.21. The molecule has 0 bridgehead atoms. The van der Waals surface area contributed by atoms with E-state index in [2.05, 4.69) is 48.5 Å². The van der Waals surface area contributed by atoms with Crippen LogP contribution >= 0.6 is 15.6 Å². The fourth-order valence-electron chi connectivity index (χ4n) is 12.6. The Morgan fingerprint density at radius 2 is 0.505 bits per heavy atom. The molecule has 0 aromatic rings. The average molecular weight is 1480 g/mol. The third kappa shape index (κ3) is 74.7.